The summed E-state index contributed by atoms with van der Waals surface area (Å²) in [5, 5.41) is 9.68. The lowest BCUT2D eigenvalue weighted by Gasteiger charge is -2.22. The van der Waals surface area contributed by atoms with Crippen LogP contribution in [0.25, 0.3) is 0 Å². The molecule has 0 radical (unpaired) electrons. The van der Waals surface area contributed by atoms with Gasteiger partial charge in [-0.1, -0.05) is 48.4 Å². The van der Waals surface area contributed by atoms with Crippen molar-refractivity contribution in [2.75, 3.05) is 11.9 Å². The average molecular weight is 477 g/mol. The zero-order valence-corrected chi connectivity index (χ0v) is 19.7. The smallest absolute Gasteiger partial charge is 0.291 e. The predicted molar refractivity (Wildman–Crippen MR) is 135 cm³/mol. The Morgan fingerprint density at radius 1 is 1.11 bits per heavy atom. The van der Waals surface area contributed by atoms with E-state index in [1.807, 2.05) is 66.7 Å². The molecular weight excluding hydrogens is 452 g/mol. The molecule has 178 valence electrons. The van der Waals surface area contributed by atoms with Gasteiger partial charge in [0.05, 0.1) is 0 Å². The van der Waals surface area contributed by atoms with Crippen LogP contribution in [0.3, 0.4) is 0 Å². The highest BCUT2D eigenvalue weighted by atomic mass is 16.2. The van der Waals surface area contributed by atoms with Gasteiger partial charge in [0.2, 0.25) is 11.7 Å². The van der Waals surface area contributed by atoms with E-state index in [2.05, 4.69) is 37.3 Å². The van der Waals surface area contributed by atoms with E-state index in [4.69, 9.17) is 0 Å². The molecule has 2 aromatic carbocycles. The minimum atomic E-state index is -0.686. The van der Waals surface area contributed by atoms with Gasteiger partial charge in [-0.15, -0.1) is 5.10 Å². The maximum atomic E-state index is 13.2. The van der Waals surface area contributed by atoms with Crippen molar-refractivity contribution in [2.24, 2.45) is 0 Å². The maximum absolute atomic E-state index is 13.2. The molecule has 36 heavy (non-hydrogen) atoms. The fourth-order valence-electron chi connectivity index (χ4n) is 4.14. The van der Waals surface area contributed by atoms with Gasteiger partial charge in [-0.2, -0.15) is 0 Å². The van der Waals surface area contributed by atoms with Crippen LogP contribution >= 0.6 is 0 Å². The number of carbonyl (C=O) groups excluding carboxylic acids is 2. The van der Waals surface area contributed by atoms with Gasteiger partial charge in [0.15, 0.2) is 0 Å². The van der Waals surface area contributed by atoms with E-state index in [9.17, 15) is 9.59 Å². The van der Waals surface area contributed by atoms with Crippen LogP contribution in [-0.2, 0) is 17.6 Å². The third-order valence-electron chi connectivity index (χ3n) is 6.03. The van der Waals surface area contributed by atoms with Gasteiger partial charge < -0.3 is 10.2 Å². The van der Waals surface area contributed by atoms with Crippen LogP contribution in [0.5, 0.6) is 0 Å². The molecule has 2 amide bonds. The Morgan fingerprint density at radius 2 is 1.94 bits per heavy atom. The van der Waals surface area contributed by atoms with Crippen molar-refractivity contribution in [3.63, 3.8) is 0 Å². The van der Waals surface area contributed by atoms with Crippen molar-refractivity contribution < 1.29 is 9.59 Å². The number of H-pyrrole nitrogens is 1. The van der Waals surface area contributed by atoms with Crippen molar-refractivity contribution in [2.45, 2.75) is 25.3 Å². The maximum Gasteiger partial charge on any atom is 0.291 e. The van der Waals surface area contributed by atoms with E-state index in [0.29, 0.717) is 30.8 Å². The molecule has 5 rings (SSSR count). The zero-order valence-electron chi connectivity index (χ0n) is 19.7. The molecule has 0 fully saturated rings. The molecule has 0 unspecified atom stereocenters. The molecule has 2 aromatic heterocycles. The molecule has 1 aliphatic rings. The van der Waals surface area contributed by atoms with Crippen LogP contribution in [0.2, 0.25) is 0 Å². The molecule has 0 bridgehead atoms. The fourth-order valence-corrected chi connectivity index (χ4v) is 4.14. The zero-order chi connectivity index (χ0) is 24.9. The molecule has 0 saturated heterocycles. The first-order valence-electron chi connectivity index (χ1n) is 11.7. The van der Waals surface area contributed by atoms with Crippen molar-refractivity contribution in [1.29, 1.82) is 0 Å². The molecule has 1 atom stereocenters. The van der Waals surface area contributed by atoms with Crippen LogP contribution in [0.15, 0.2) is 72.9 Å². The van der Waals surface area contributed by atoms with E-state index in [1.165, 1.54) is 0 Å². The van der Waals surface area contributed by atoms with Crippen LogP contribution in [0.4, 0.5) is 5.69 Å². The van der Waals surface area contributed by atoms with E-state index in [0.717, 1.165) is 22.4 Å². The van der Waals surface area contributed by atoms with Gasteiger partial charge in [0, 0.05) is 30.9 Å². The first-order valence-corrected chi connectivity index (χ1v) is 11.7. The molecule has 8 heteroatoms. The largest absolute Gasteiger partial charge is 0.337 e. The number of aromatic nitrogens is 4. The van der Waals surface area contributed by atoms with Gasteiger partial charge >= 0.3 is 0 Å². The lowest BCUT2D eigenvalue weighted by Crippen LogP contribution is -2.47. The van der Waals surface area contributed by atoms with E-state index in [1.54, 1.807) is 18.1 Å². The number of nitrogens with zero attached hydrogens (tertiary/aromatic N) is 4. The first-order chi connectivity index (χ1) is 17.6. The molecule has 1 aliphatic heterocycles. The summed E-state index contributed by atoms with van der Waals surface area (Å²) in [5.41, 5.74) is 4.33. The number of hydrogen-bond acceptors (Lipinski definition) is 5. The van der Waals surface area contributed by atoms with Crippen molar-refractivity contribution in [3.8, 4) is 11.8 Å². The van der Waals surface area contributed by atoms with Crippen LogP contribution in [0.1, 0.15) is 45.2 Å². The number of likely N-dealkylation sites (N-methyl/N-ethyl adjacent to an activating group) is 1. The number of carbonyl (C=O) groups is 2. The summed E-state index contributed by atoms with van der Waals surface area (Å²) in [7, 11) is 1.71. The highest BCUT2D eigenvalue weighted by Crippen LogP contribution is 2.27. The standard InChI is InChI=1S/C28H24N6O2/c1-34-24-17-20(11-14-22-9-5-6-16-29-22)10-12-21(24)13-15-23(28(34)36)30-27(35)26-31-25(32-33-26)18-19-7-3-2-4-8-19/h2-10,12,16-17,23H,13,15,18H2,1H3,(H,30,35)(H,31,32,33)/t23-/m1/s1. The van der Waals surface area contributed by atoms with Gasteiger partial charge in [-0.3, -0.25) is 14.7 Å². The summed E-state index contributed by atoms with van der Waals surface area (Å²) < 4.78 is 0. The second-order valence-electron chi connectivity index (χ2n) is 8.54. The third kappa shape index (κ3) is 5.15. The summed E-state index contributed by atoms with van der Waals surface area (Å²) in [5.74, 6) is 6.08. The van der Waals surface area contributed by atoms with Gasteiger partial charge in [-0.05, 0) is 54.2 Å². The number of aromatic amines is 1. The highest BCUT2D eigenvalue weighted by Gasteiger charge is 2.30. The monoisotopic (exact) mass is 476 g/mol. The van der Waals surface area contributed by atoms with E-state index >= 15 is 0 Å². The number of pyridine rings is 1. The molecule has 3 heterocycles. The lowest BCUT2D eigenvalue weighted by molar-refractivity contribution is -0.120. The number of hydrogen-bond donors (Lipinski definition) is 2. The highest BCUT2D eigenvalue weighted by molar-refractivity contribution is 6.02. The molecular formula is C28H24N6O2. The fraction of sp³-hybridized carbons (Fsp3) is 0.179. The Morgan fingerprint density at radius 3 is 2.75 bits per heavy atom. The SMILES string of the molecule is CN1C(=O)[C@H](NC(=O)c2n[nH]c(Cc3ccccc3)n2)CCc2ccc(C#Cc3ccccn3)cc21. The van der Waals surface area contributed by atoms with Gasteiger partial charge in [-0.25, -0.2) is 9.97 Å². The number of anilines is 1. The normalized spacial score (nSPS) is 14.9. The second-order valence-corrected chi connectivity index (χ2v) is 8.54. The van der Waals surface area contributed by atoms with Gasteiger partial charge in [0.1, 0.15) is 17.6 Å². The number of fused-ring (bicyclic) bond motifs is 1. The Labute approximate surface area is 208 Å². The number of rotatable bonds is 4. The Bertz CT molecular complexity index is 1450. The predicted octanol–water partition coefficient (Wildman–Crippen LogP) is 2.90. The lowest BCUT2D eigenvalue weighted by atomic mass is 10.0. The van der Waals surface area contributed by atoms with Crippen molar-refractivity contribution >= 4 is 17.5 Å². The quantitative estimate of drug-likeness (QED) is 0.441. The minimum absolute atomic E-state index is 0.0187. The van der Waals surface area contributed by atoms with Gasteiger partial charge in [0.25, 0.3) is 5.91 Å². The molecule has 0 saturated carbocycles. The number of aryl methyl sites for hydroxylation is 1. The number of benzene rings is 2. The number of amides is 2. The second kappa shape index (κ2) is 10.2. The Hall–Kier alpha value is -4.77. The number of nitrogens with one attached hydrogen (secondary N) is 2. The van der Waals surface area contributed by atoms with E-state index in [-0.39, 0.29) is 11.7 Å². The summed E-state index contributed by atoms with van der Waals surface area (Å²) in [4.78, 5) is 36.2. The molecule has 4 aromatic rings. The average Bonchev–Trinajstić information content (AvgIpc) is 3.35. The molecule has 2 N–H and O–H groups in total. The van der Waals surface area contributed by atoms with Crippen LogP contribution in [0, 0.1) is 11.8 Å². The topological polar surface area (TPSA) is 104 Å². The Balaban J connectivity index is 1.28. The summed E-state index contributed by atoms with van der Waals surface area (Å²) in [6.07, 6.45) is 3.34. The molecule has 0 spiro atoms. The van der Waals surface area contributed by atoms with E-state index < -0.39 is 11.9 Å². The minimum Gasteiger partial charge on any atom is -0.337 e. The molecule has 0 aliphatic carbocycles. The molecule has 8 nitrogen and oxygen atoms in total. The third-order valence-corrected chi connectivity index (χ3v) is 6.03. The summed E-state index contributed by atoms with van der Waals surface area (Å²) in [6.45, 7) is 0. The Kier molecular flexibility index (Phi) is 6.54. The van der Waals surface area contributed by atoms with Crippen LogP contribution in [-0.4, -0.2) is 45.1 Å². The van der Waals surface area contributed by atoms with Crippen molar-refractivity contribution in [3.05, 3.63) is 107 Å². The summed E-state index contributed by atoms with van der Waals surface area (Å²) >= 11 is 0. The first kappa shape index (κ1) is 23.0. The van der Waals surface area contributed by atoms with Crippen LogP contribution < -0.4 is 10.2 Å². The van der Waals surface area contributed by atoms with Crippen molar-refractivity contribution in [1.82, 2.24) is 25.5 Å². The summed E-state index contributed by atoms with van der Waals surface area (Å²) in [6, 6.07) is 20.5.